The van der Waals surface area contributed by atoms with Crippen LogP contribution in [-0.4, -0.2) is 4.98 Å². The molecule has 0 radical (unpaired) electrons. The number of nitrogens with zero attached hydrogens (tertiary/aromatic N) is 2. The van der Waals surface area contributed by atoms with Crippen LogP contribution in [0.25, 0.3) is 22.4 Å². The van der Waals surface area contributed by atoms with Crippen LogP contribution in [0.4, 0.5) is 17.1 Å². The first-order valence-corrected chi connectivity index (χ1v) is 17.3. The first-order valence-electron chi connectivity index (χ1n) is 17.3. The van der Waals surface area contributed by atoms with Gasteiger partial charge in [0.2, 0.25) is 0 Å². The van der Waals surface area contributed by atoms with E-state index in [9.17, 15) is 0 Å². The molecule has 1 aromatic heterocycles. The summed E-state index contributed by atoms with van der Waals surface area (Å²) in [4.78, 5) is 7.23. The van der Waals surface area contributed by atoms with Gasteiger partial charge in [-0.3, -0.25) is 0 Å². The number of hydrogen-bond donors (Lipinski definition) is 1. The molecule has 1 atom stereocenters. The molecule has 4 aromatic rings. The highest BCUT2D eigenvalue weighted by Gasteiger charge is 2.45. The van der Waals surface area contributed by atoms with Gasteiger partial charge in [0.15, 0.2) is 0 Å². The predicted octanol–water partition coefficient (Wildman–Crippen LogP) is 11.2. The lowest BCUT2D eigenvalue weighted by Crippen LogP contribution is -2.20. The van der Waals surface area contributed by atoms with Crippen LogP contribution < -0.4 is 10.2 Å². The lowest BCUT2D eigenvalue weighted by atomic mass is 9.70. The van der Waals surface area contributed by atoms with E-state index in [0.717, 1.165) is 48.2 Å². The standard InChI is InChI=1S/C45H39N3/c1-28-13-11-23-46-43(28)30-25-31(44-29(2)14-12-24-47-44)27-32(26-30)48-39-19-9-6-16-34(39)35-21-22-36-33-15-5-8-18-38(33)45(3,4)42(36)41(35)37-17-7-10-20-40(37)48/h5-7,9-11,13-17,19-20,23,25-27,43,46H,8,18,21-22H2,1-4H3. The Labute approximate surface area is 284 Å². The molecule has 3 heterocycles. The van der Waals surface area contributed by atoms with E-state index < -0.39 is 0 Å². The average Bonchev–Trinajstić information content (AvgIpc) is 3.26. The Bertz CT molecular complexity index is 2220. The topological polar surface area (TPSA) is 28.2 Å². The molecule has 0 amide bonds. The summed E-state index contributed by atoms with van der Waals surface area (Å²) >= 11 is 0. The van der Waals surface area contributed by atoms with Gasteiger partial charge in [-0.25, -0.2) is 0 Å². The second kappa shape index (κ2) is 10.9. The summed E-state index contributed by atoms with van der Waals surface area (Å²) in [5.41, 5.74) is 20.9. The lowest BCUT2D eigenvalue weighted by molar-refractivity contribution is 0.537. The van der Waals surface area contributed by atoms with Crippen molar-refractivity contribution in [3.8, 4) is 11.3 Å². The van der Waals surface area contributed by atoms with Gasteiger partial charge in [0, 0.05) is 34.0 Å². The number of nitrogens with one attached hydrogen (secondary N) is 1. The maximum Gasteiger partial charge on any atom is 0.0845 e. The molecule has 3 aromatic carbocycles. The fourth-order valence-corrected chi connectivity index (χ4v) is 8.97. The fraction of sp³-hybridized carbons (Fsp3) is 0.222. The van der Waals surface area contributed by atoms with Crippen LogP contribution in [0.1, 0.15) is 74.8 Å². The van der Waals surface area contributed by atoms with Crippen molar-refractivity contribution < 1.29 is 0 Å². The molecule has 3 nitrogen and oxygen atoms in total. The molecule has 1 N–H and O–H groups in total. The quantitative estimate of drug-likeness (QED) is 0.247. The fourth-order valence-electron chi connectivity index (χ4n) is 8.97. The van der Waals surface area contributed by atoms with Crippen molar-refractivity contribution >= 4 is 28.2 Å². The molecule has 2 aliphatic heterocycles. The number of hydrogen-bond acceptors (Lipinski definition) is 3. The van der Waals surface area contributed by atoms with E-state index in [2.05, 4.69) is 141 Å². The Hall–Kier alpha value is -5.33. The van der Waals surface area contributed by atoms with Gasteiger partial charge in [-0.2, -0.15) is 4.98 Å². The van der Waals surface area contributed by atoms with Gasteiger partial charge in [-0.05, 0) is 139 Å². The number of rotatable bonds is 3. The molecule has 1 unspecified atom stereocenters. The number of para-hydroxylation sites is 2. The summed E-state index contributed by atoms with van der Waals surface area (Å²) in [7, 11) is 0. The van der Waals surface area contributed by atoms with Crippen molar-refractivity contribution in [1.82, 2.24) is 10.3 Å². The summed E-state index contributed by atoms with van der Waals surface area (Å²) < 4.78 is 0. The number of aromatic nitrogens is 1. The van der Waals surface area contributed by atoms with E-state index in [0.29, 0.717) is 0 Å². The SMILES string of the molecule is CC1=CC=CNC1c1cc(-c2nc#ccc2C)cc(N2c3ccccc3C3=C(C4=C(CC3)C3=C(CCC=C3)C4(C)C)c3ccccc32)c1. The third kappa shape index (κ3) is 4.25. The zero-order valence-electron chi connectivity index (χ0n) is 28.1. The molecule has 234 valence electrons. The zero-order valence-corrected chi connectivity index (χ0v) is 28.1. The predicted molar refractivity (Wildman–Crippen MR) is 198 cm³/mol. The minimum Gasteiger partial charge on any atom is -0.380 e. The molecule has 0 spiro atoms. The van der Waals surface area contributed by atoms with Crippen LogP contribution in [0, 0.1) is 24.6 Å². The highest BCUT2D eigenvalue weighted by atomic mass is 15.2. The number of fused-ring (bicyclic) bond motifs is 6. The van der Waals surface area contributed by atoms with Crippen LogP contribution in [0.3, 0.4) is 0 Å². The molecule has 48 heavy (non-hydrogen) atoms. The summed E-state index contributed by atoms with van der Waals surface area (Å²) in [5.74, 6) is 0. The Kier molecular flexibility index (Phi) is 6.53. The highest BCUT2D eigenvalue weighted by molar-refractivity contribution is 6.10. The van der Waals surface area contributed by atoms with Gasteiger partial charge in [0.1, 0.15) is 0 Å². The number of aryl methyl sites for hydroxylation is 1. The minimum atomic E-state index is -0.0191. The molecule has 3 heteroatoms. The van der Waals surface area contributed by atoms with Crippen LogP contribution in [0.5, 0.6) is 0 Å². The number of benzene rings is 3. The molecule has 9 rings (SSSR count). The van der Waals surface area contributed by atoms with E-state index in [1.807, 2.05) is 12.3 Å². The molecular formula is C45H39N3. The summed E-state index contributed by atoms with van der Waals surface area (Å²) in [6.45, 7) is 9.25. The Morgan fingerprint density at radius 3 is 2.48 bits per heavy atom. The summed E-state index contributed by atoms with van der Waals surface area (Å²) in [6.07, 6.45) is 18.5. The molecule has 3 aliphatic carbocycles. The third-order valence-electron chi connectivity index (χ3n) is 11.1. The van der Waals surface area contributed by atoms with Gasteiger partial charge < -0.3 is 10.2 Å². The van der Waals surface area contributed by atoms with Crippen LogP contribution in [0.15, 0.2) is 131 Å². The largest absolute Gasteiger partial charge is 0.380 e. The van der Waals surface area contributed by atoms with Crippen molar-refractivity contribution in [3.05, 3.63) is 166 Å². The van der Waals surface area contributed by atoms with Crippen molar-refractivity contribution in [2.45, 2.75) is 59.4 Å². The van der Waals surface area contributed by atoms with E-state index >= 15 is 0 Å². The van der Waals surface area contributed by atoms with Crippen LogP contribution in [-0.2, 0) is 0 Å². The number of dihydropyridines is 1. The maximum absolute atomic E-state index is 4.72. The Balaban J connectivity index is 1.31. The molecule has 0 saturated carbocycles. The zero-order chi connectivity index (χ0) is 32.6. The van der Waals surface area contributed by atoms with Crippen molar-refractivity contribution in [2.24, 2.45) is 5.41 Å². The number of allylic oxidation sites excluding steroid dienone is 10. The van der Waals surface area contributed by atoms with E-state index in [1.54, 1.807) is 11.1 Å². The van der Waals surface area contributed by atoms with E-state index in [1.165, 1.54) is 55.9 Å². The first kappa shape index (κ1) is 28.9. The molecular weight excluding hydrogens is 583 g/mol. The third-order valence-corrected chi connectivity index (χ3v) is 11.1. The van der Waals surface area contributed by atoms with Gasteiger partial charge in [-0.15, -0.1) is 0 Å². The molecule has 5 aliphatic rings. The van der Waals surface area contributed by atoms with Gasteiger partial charge >= 0.3 is 0 Å². The minimum absolute atomic E-state index is 0.0191. The second-order valence-corrected chi connectivity index (χ2v) is 14.3. The Morgan fingerprint density at radius 1 is 0.896 bits per heavy atom. The maximum atomic E-state index is 4.72. The van der Waals surface area contributed by atoms with Crippen molar-refractivity contribution in [2.75, 3.05) is 4.90 Å². The Morgan fingerprint density at radius 2 is 1.67 bits per heavy atom. The average molecular weight is 622 g/mol. The smallest absolute Gasteiger partial charge is 0.0845 e. The van der Waals surface area contributed by atoms with Gasteiger partial charge in [0.05, 0.1) is 23.1 Å². The monoisotopic (exact) mass is 621 g/mol. The second-order valence-electron chi connectivity index (χ2n) is 14.3. The first-order chi connectivity index (χ1) is 23.4. The van der Waals surface area contributed by atoms with E-state index in [4.69, 9.17) is 4.98 Å². The van der Waals surface area contributed by atoms with Crippen LogP contribution >= 0.6 is 0 Å². The van der Waals surface area contributed by atoms with Crippen molar-refractivity contribution in [1.29, 1.82) is 0 Å². The van der Waals surface area contributed by atoms with Crippen molar-refractivity contribution in [3.63, 3.8) is 0 Å². The molecule has 0 fully saturated rings. The summed E-state index contributed by atoms with van der Waals surface area (Å²) in [6, 6.07) is 30.2. The lowest BCUT2D eigenvalue weighted by Gasteiger charge is -2.33. The summed E-state index contributed by atoms with van der Waals surface area (Å²) in [5, 5.41) is 3.63. The highest BCUT2D eigenvalue weighted by Crippen LogP contribution is 2.62. The van der Waals surface area contributed by atoms with Gasteiger partial charge in [0.25, 0.3) is 0 Å². The van der Waals surface area contributed by atoms with Crippen LogP contribution in [0.2, 0.25) is 0 Å². The molecule has 0 bridgehead atoms. The van der Waals surface area contributed by atoms with Gasteiger partial charge in [-0.1, -0.05) is 74.0 Å². The molecule has 0 saturated heterocycles. The number of anilines is 3. The van der Waals surface area contributed by atoms with E-state index in [-0.39, 0.29) is 11.5 Å². The normalized spacial score (nSPS) is 20.2.